The van der Waals surface area contributed by atoms with E-state index in [1.165, 1.54) is 38.5 Å². The smallest absolute Gasteiger partial charge is 0.338 e. The number of esters is 2. The molecule has 5 rings (SSSR count). The molecule has 0 radical (unpaired) electrons. The van der Waals surface area contributed by atoms with Gasteiger partial charge < -0.3 is 9.47 Å². The molecule has 3 aliphatic rings. The summed E-state index contributed by atoms with van der Waals surface area (Å²) in [6.45, 7) is 0. The number of carbonyl (C=O) groups excluding carboxylic acids is 2. The molecule has 4 heteroatoms. The second-order valence-corrected chi connectivity index (χ2v) is 10.6. The summed E-state index contributed by atoms with van der Waals surface area (Å²) < 4.78 is 12.1. The van der Waals surface area contributed by atoms with Crippen molar-refractivity contribution in [1.29, 1.82) is 0 Å². The van der Waals surface area contributed by atoms with Crippen LogP contribution < -0.4 is 0 Å². The highest BCUT2D eigenvalue weighted by Gasteiger charge is 2.41. The van der Waals surface area contributed by atoms with Gasteiger partial charge in [-0.05, 0) is 86.5 Å². The van der Waals surface area contributed by atoms with E-state index in [2.05, 4.69) is 0 Å². The number of benzene rings is 2. The second-order valence-electron chi connectivity index (χ2n) is 10.6. The van der Waals surface area contributed by atoms with Gasteiger partial charge in [0.05, 0.1) is 11.1 Å². The van der Waals surface area contributed by atoms with Gasteiger partial charge in [0.25, 0.3) is 0 Å². The summed E-state index contributed by atoms with van der Waals surface area (Å²) in [5.41, 5.74) is 1.08. The largest absolute Gasteiger partial charge is 0.455 e. The first-order valence-corrected chi connectivity index (χ1v) is 13.2. The van der Waals surface area contributed by atoms with Gasteiger partial charge >= 0.3 is 11.9 Å². The van der Waals surface area contributed by atoms with Gasteiger partial charge in [-0.2, -0.15) is 0 Å². The van der Waals surface area contributed by atoms with Gasteiger partial charge in [0, 0.05) is 0 Å². The predicted octanol–water partition coefficient (Wildman–Crippen LogP) is 6.84. The van der Waals surface area contributed by atoms with Crippen LogP contribution in [0.1, 0.15) is 84.9 Å². The van der Waals surface area contributed by atoms with Crippen molar-refractivity contribution in [3.8, 4) is 0 Å². The first kappa shape index (κ1) is 23.1. The fraction of sp³-hybridized carbons (Fsp3) is 0.533. The fourth-order valence-electron chi connectivity index (χ4n) is 6.73. The zero-order valence-electron chi connectivity index (χ0n) is 19.9. The highest BCUT2D eigenvalue weighted by molar-refractivity contribution is 5.90. The number of ether oxygens (including phenoxy) is 2. The van der Waals surface area contributed by atoms with Crippen molar-refractivity contribution in [3.05, 3.63) is 71.8 Å². The first-order chi connectivity index (χ1) is 16.7. The third kappa shape index (κ3) is 5.37. The summed E-state index contributed by atoms with van der Waals surface area (Å²) in [7, 11) is 0. The van der Waals surface area contributed by atoms with Crippen LogP contribution in [-0.2, 0) is 9.47 Å². The van der Waals surface area contributed by atoms with Crippen LogP contribution in [0.5, 0.6) is 0 Å². The minimum Gasteiger partial charge on any atom is -0.455 e. The van der Waals surface area contributed by atoms with Crippen LogP contribution in [0.15, 0.2) is 60.7 Å². The van der Waals surface area contributed by atoms with Crippen molar-refractivity contribution in [3.63, 3.8) is 0 Å². The van der Waals surface area contributed by atoms with Crippen LogP contribution in [0.3, 0.4) is 0 Å². The monoisotopic (exact) mass is 460 g/mol. The molecule has 0 bridgehead atoms. The Hall–Kier alpha value is -2.62. The molecule has 34 heavy (non-hydrogen) atoms. The molecule has 0 aromatic heterocycles. The van der Waals surface area contributed by atoms with E-state index < -0.39 is 12.2 Å². The molecule has 0 aliphatic heterocycles. The summed E-state index contributed by atoms with van der Waals surface area (Å²) in [5, 5.41) is 0. The fourth-order valence-corrected chi connectivity index (χ4v) is 6.73. The SMILES string of the molecule is O=C(OC1CCC2CC3CCCCC3CC2CCC1OC(=O)c1ccccc1)c1ccccc1. The lowest BCUT2D eigenvalue weighted by Gasteiger charge is -2.46. The number of rotatable bonds is 4. The van der Waals surface area contributed by atoms with Gasteiger partial charge in [-0.3, -0.25) is 0 Å². The molecule has 0 saturated heterocycles. The van der Waals surface area contributed by atoms with Gasteiger partial charge in [-0.15, -0.1) is 0 Å². The van der Waals surface area contributed by atoms with E-state index in [0.29, 0.717) is 23.0 Å². The van der Waals surface area contributed by atoms with E-state index in [4.69, 9.17) is 9.47 Å². The molecule has 2 aromatic rings. The number of fused-ring (bicyclic) bond motifs is 2. The first-order valence-electron chi connectivity index (χ1n) is 13.2. The summed E-state index contributed by atoms with van der Waals surface area (Å²) >= 11 is 0. The van der Waals surface area contributed by atoms with Gasteiger partial charge in [-0.1, -0.05) is 62.1 Å². The molecule has 6 unspecified atom stereocenters. The summed E-state index contributed by atoms with van der Waals surface area (Å²) in [4.78, 5) is 25.8. The third-order valence-corrected chi connectivity index (χ3v) is 8.54. The molecule has 2 aromatic carbocycles. The molecule has 0 heterocycles. The standard InChI is InChI=1S/C30H36O4/c31-29(21-9-3-1-4-10-21)33-27-17-15-25-19-23-13-7-8-14-24(23)20-26(25)16-18-28(27)34-30(32)22-11-5-2-6-12-22/h1-6,9-12,23-28H,7-8,13-20H2. The number of carbonyl (C=O) groups is 2. The molecule has 0 spiro atoms. The Bertz CT molecular complexity index is 877. The van der Waals surface area contributed by atoms with Gasteiger partial charge in [0.2, 0.25) is 0 Å². The Labute approximate surface area is 203 Å². The Balaban J connectivity index is 1.32. The molecular formula is C30H36O4. The normalized spacial score (nSPS) is 31.2. The molecular weight excluding hydrogens is 424 g/mol. The molecule has 4 nitrogen and oxygen atoms in total. The summed E-state index contributed by atoms with van der Waals surface area (Å²) in [6.07, 6.45) is 11.0. The Morgan fingerprint density at radius 2 is 0.912 bits per heavy atom. The van der Waals surface area contributed by atoms with Crippen molar-refractivity contribution >= 4 is 11.9 Å². The maximum absolute atomic E-state index is 12.9. The van der Waals surface area contributed by atoms with Crippen molar-refractivity contribution in [1.82, 2.24) is 0 Å². The minimum absolute atomic E-state index is 0.334. The Kier molecular flexibility index (Phi) is 7.32. The maximum atomic E-state index is 12.9. The van der Waals surface area contributed by atoms with Crippen LogP contribution in [0, 0.1) is 23.7 Å². The Morgan fingerprint density at radius 3 is 1.32 bits per heavy atom. The van der Waals surface area contributed by atoms with E-state index in [-0.39, 0.29) is 11.9 Å². The quantitative estimate of drug-likeness (QED) is 0.469. The topological polar surface area (TPSA) is 52.6 Å². The summed E-state index contributed by atoms with van der Waals surface area (Å²) in [6, 6.07) is 18.2. The average molecular weight is 461 g/mol. The third-order valence-electron chi connectivity index (χ3n) is 8.54. The summed E-state index contributed by atoms with van der Waals surface area (Å²) in [5.74, 6) is 2.49. The van der Waals surface area contributed by atoms with Gasteiger partial charge in [0.15, 0.2) is 0 Å². The van der Waals surface area contributed by atoms with Crippen LogP contribution in [0.4, 0.5) is 0 Å². The van der Waals surface area contributed by atoms with E-state index in [0.717, 1.165) is 37.5 Å². The van der Waals surface area contributed by atoms with Crippen LogP contribution in [0.2, 0.25) is 0 Å². The molecule has 6 atom stereocenters. The van der Waals surface area contributed by atoms with Crippen LogP contribution in [-0.4, -0.2) is 24.1 Å². The minimum atomic E-state index is -0.412. The Morgan fingerprint density at radius 1 is 0.529 bits per heavy atom. The second kappa shape index (κ2) is 10.8. The predicted molar refractivity (Wildman–Crippen MR) is 131 cm³/mol. The van der Waals surface area contributed by atoms with Gasteiger partial charge in [-0.25, -0.2) is 9.59 Å². The van der Waals surface area contributed by atoms with Crippen LogP contribution >= 0.6 is 0 Å². The lowest BCUT2D eigenvalue weighted by atomic mass is 9.61. The number of hydrogen-bond acceptors (Lipinski definition) is 4. The average Bonchev–Trinajstić information content (AvgIpc) is 2.88. The molecule has 0 N–H and O–H groups in total. The van der Waals surface area contributed by atoms with Crippen molar-refractivity contribution < 1.29 is 19.1 Å². The highest BCUT2D eigenvalue weighted by Crippen LogP contribution is 2.49. The van der Waals surface area contributed by atoms with Crippen LogP contribution in [0.25, 0.3) is 0 Å². The zero-order valence-corrected chi connectivity index (χ0v) is 19.9. The molecule has 180 valence electrons. The number of hydrogen-bond donors (Lipinski definition) is 0. The van der Waals surface area contributed by atoms with Crippen molar-refractivity contribution in [2.45, 2.75) is 76.4 Å². The lowest BCUT2D eigenvalue weighted by Crippen LogP contribution is -2.41. The maximum Gasteiger partial charge on any atom is 0.338 e. The van der Waals surface area contributed by atoms with Crippen molar-refractivity contribution in [2.24, 2.45) is 23.7 Å². The van der Waals surface area contributed by atoms with E-state index in [1.54, 1.807) is 24.3 Å². The highest BCUT2D eigenvalue weighted by atomic mass is 16.6. The molecule has 3 fully saturated rings. The zero-order chi connectivity index (χ0) is 23.3. The van der Waals surface area contributed by atoms with E-state index in [9.17, 15) is 9.59 Å². The molecule has 3 saturated carbocycles. The van der Waals surface area contributed by atoms with Gasteiger partial charge in [0.1, 0.15) is 12.2 Å². The van der Waals surface area contributed by atoms with E-state index >= 15 is 0 Å². The molecule has 3 aliphatic carbocycles. The molecule has 0 amide bonds. The van der Waals surface area contributed by atoms with Crippen molar-refractivity contribution in [2.75, 3.05) is 0 Å². The van der Waals surface area contributed by atoms with E-state index in [1.807, 2.05) is 36.4 Å². The lowest BCUT2D eigenvalue weighted by molar-refractivity contribution is -0.0572.